The molecule has 0 spiro atoms. The Bertz CT molecular complexity index is 328. The first-order valence-electron chi connectivity index (χ1n) is 5.99. The largest absolute Gasteiger partial charge is 0.461 e. The number of carbonyl (C=O) groups excluding carboxylic acids is 2. The van der Waals surface area contributed by atoms with Crippen molar-refractivity contribution >= 4 is 12.1 Å². The van der Waals surface area contributed by atoms with E-state index in [4.69, 9.17) is 14.6 Å². The highest BCUT2D eigenvalue weighted by atomic mass is 16.6. The number of aliphatic hydroxyl groups excluding tert-OH is 1. The van der Waals surface area contributed by atoms with E-state index in [1.807, 2.05) is 0 Å². The Morgan fingerprint density at radius 3 is 2.33 bits per heavy atom. The second kappa shape index (κ2) is 5.14. The molecule has 0 aromatic rings. The van der Waals surface area contributed by atoms with E-state index in [1.54, 1.807) is 20.8 Å². The van der Waals surface area contributed by atoms with Crippen LogP contribution in [0.3, 0.4) is 0 Å². The molecule has 1 aliphatic rings. The van der Waals surface area contributed by atoms with Crippen LogP contribution in [0.5, 0.6) is 0 Å². The summed E-state index contributed by atoms with van der Waals surface area (Å²) in [5.41, 5.74) is -1.08. The second-order valence-electron chi connectivity index (χ2n) is 5.69. The first-order valence-corrected chi connectivity index (χ1v) is 5.99. The van der Waals surface area contributed by atoms with Crippen LogP contribution in [0, 0.1) is 0 Å². The maximum Gasteiger partial charge on any atom is 0.408 e. The molecule has 0 aromatic carbocycles. The summed E-state index contributed by atoms with van der Waals surface area (Å²) < 4.78 is 10.0. The highest BCUT2D eigenvalue weighted by Gasteiger charge is 2.46. The zero-order chi connectivity index (χ0) is 14.0. The number of rotatable bonds is 4. The first-order chi connectivity index (χ1) is 8.14. The van der Waals surface area contributed by atoms with Gasteiger partial charge >= 0.3 is 12.1 Å². The van der Waals surface area contributed by atoms with Crippen LogP contribution >= 0.6 is 0 Å². The fourth-order valence-corrected chi connectivity index (χ4v) is 1.31. The number of ether oxygens (including phenoxy) is 2. The molecule has 1 aliphatic carbocycles. The smallest absolute Gasteiger partial charge is 0.408 e. The van der Waals surface area contributed by atoms with Crippen molar-refractivity contribution in [1.82, 2.24) is 5.32 Å². The Labute approximate surface area is 107 Å². The number of hydrogen-bond acceptors (Lipinski definition) is 5. The van der Waals surface area contributed by atoms with Crippen LogP contribution in [0.1, 0.15) is 40.5 Å². The average Bonchev–Trinajstić information content (AvgIpc) is 2.91. The molecule has 1 fully saturated rings. The van der Waals surface area contributed by atoms with Crippen molar-refractivity contribution in [2.75, 3.05) is 6.61 Å². The highest BCUT2D eigenvalue weighted by molar-refractivity contribution is 5.74. The maximum atomic E-state index is 11.6. The van der Waals surface area contributed by atoms with Crippen LogP contribution < -0.4 is 5.32 Å². The minimum absolute atomic E-state index is 0.0655. The summed E-state index contributed by atoms with van der Waals surface area (Å²) >= 11 is 0. The van der Waals surface area contributed by atoms with Gasteiger partial charge in [0.1, 0.15) is 18.3 Å². The van der Waals surface area contributed by atoms with E-state index in [-0.39, 0.29) is 6.61 Å². The summed E-state index contributed by atoms with van der Waals surface area (Å²) in [7, 11) is 0. The molecule has 0 unspecified atom stereocenters. The fourth-order valence-electron chi connectivity index (χ4n) is 1.31. The van der Waals surface area contributed by atoms with Gasteiger partial charge in [0, 0.05) is 0 Å². The van der Waals surface area contributed by atoms with E-state index < -0.39 is 29.3 Å². The normalized spacial score (nSPS) is 18.7. The molecule has 1 saturated carbocycles. The Hall–Kier alpha value is -1.30. The van der Waals surface area contributed by atoms with Gasteiger partial charge in [-0.05, 0) is 40.5 Å². The molecule has 18 heavy (non-hydrogen) atoms. The number of carbonyl (C=O) groups is 2. The number of hydrogen-bond donors (Lipinski definition) is 2. The van der Waals surface area contributed by atoms with Gasteiger partial charge in [0.05, 0.1) is 5.54 Å². The number of alkyl carbamates (subject to hydrolysis) is 1. The quantitative estimate of drug-likeness (QED) is 0.735. The van der Waals surface area contributed by atoms with Crippen LogP contribution in [-0.2, 0) is 14.3 Å². The van der Waals surface area contributed by atoms with E-state index in [1.165, 1.54) is 6.92 Å². The summed E-state index contributed by atoms with van der Waals surface area (Å²) in [5, 5.41) is 11.7. The van der Waals surface area contributed by atoms with E-state index in [0.29, 0.717) is 0 Å². The van der Waals surface area contributed by atoms with Gasteiger partial charge in [0.2, 0.25) is 0 Å². The third kappa shape index (κ3) is 4.91. The van der Waals surface area contributed by atoms with Crippen molar-refractivity contribution in [2.24, 2.45) is 0 Å². The summed E-state index contributed by atoms with van der Waals surface area (Å²) in [5.74, 6) is -0.688. The molecule has 1 amide bonds. The topological polar surface area (TPSA) is 84.9 Å². The lowest BCUT2D eigenvalue weighted by Gasteiger charge is -2.23. The van der Waals surface area contributed by atoms with Crippen LogP contribution in [0.15, 0.2) is 0 Å². The van der Waals surface area contributed by atoms with Crippen LogP contribution in [0.25, 0.3) is 0 Å². The van der Waals surface area contributed by atoms with Crippen molar-refractivity contribution < 1.29 is 24.2 Å². The number of aliphatic hydroxyl groups is 1. The molecule has 6 nitrogen and oxygen atoms in total. The van der Waals surface area contributed by atoms with E-state index in [9.17, 15) is 9.59 Å². The Morgan fingerprint density at radius 2 is 1.94 bits per heavy atom. The van der Waals surface area contributed by atoms with Crippen molar-refractivity contribution in [3.8, 4) is 0 Å². The minimum Gasteiger partial charge on any atom is -0.461 e. The molecular weight excluding hydrogens is 238 g/mol. The lowest BCUT2D eigenvalue weighted by atomic mass is 10.2. The lowest BCUT2D eigenvalue weighted by Crippen LogP contribution is -2.44. The SMILES string of the molecule is C[C@H](O)C(=O)OCC1(NC(=O)OC(C)(C)C)CC1. The summed E-state index contributed by atoms with van der Waals surface area (Å²) in [6.45, 7) is 6.73. The monoisotopic (exact) mass is 259 g/mol. The minimum atomic E-state index is -1.15. The molecule has 1 atom stereocenters. The first kappa shape index (κ1) is 14.8. The van der Waals surface area contributed by atoms with Crippen LogP contribution in [0.2, 0.25) is 0 Å². The Kier molecular flexibility index (Phi) is 4.21. The predicted octanol–water partition coefficient (Wildman–Crippen LogP) is 0.968. The van der Waals surface area contributed by atoms with Gasteiger partial charge in [0.25, 0.3) is 0 Å². The van der Waals surface area contributed by atoms with Gasteiger partial charge < -0.3 is 19.9 Å². The van der Waals surface area contributed by atoms with Crippen LogP contribution in [0.4, 0.5) is 4.79 Å². The molecule has 0 aliphatic heterocycles. The number of nitrogens with one attached hydrogen (secondary N) is 1. The zero-order valence-electron chi connectivity index (χ0n) is 11.3. The third-order valence-corrected chi connectivity index (χ3v) is 2.45. The average molecular weight is 259 g/mol. The standard InChI is InChI=1S/C12H21NO5/c1-8(14)9(15)17-7-12(5-6-12)13-10(16)18-11(2,3)4/h8,14H,5-7H2,1-4H3,(H,13,16)/t8-/m0/s1. The van der Waals surface area contributed by atoms with Crippen molar-refractivity contribution in [1.29, 1.82) is 0 Å². The molecule has 0 saturated heterocycles. The molecular formula is C12H21NO5. The molecule has 0 heterocycles. The number of amides is 1. The Balaban J connectivity index is 2.37. The van der Waals surface area contributed by atoms with Crippen molar-refractivity contribution in [2.45, 2.75) is 57.8 Å². The maximum absolute atomic E-state index is 11.6. The van der Waals surface area contributed by atoms with E-state index in [2.05, 4.69) is 5.32 Å². The van der Waals surface area contributed by atoms with Gasteiger partial charge in [0.15, 0.2) is 0 Å². The molecule has 0 radical (unpaired) electrons. The van der Waals surface area contributed by atoms with Gasteiger partial charge in [-0.15, -0.1) is 0 Å². The predicted molar refractivity (Wildman–Crippen MR) is 64.0 cm³/mol. The fraction of sp³-hybridized carbons (Fsp3) is 0.833. The summed E-state index contributed by atoms with van der Waals surface area (Å²) in [4.78, 5) is 22.7. The van der Waals surface area contributed by atoms with Crippen molar-refractivity contribution in [3.63, 3.8) is 0 Å². The molecule has 0 bridgehead atoms. The zero-order valence-corrected chi connectivity index (χ0v) is 11.3. The van der Waals surface area contributed by atoms with Gasteiger partial charge in [-0.3, -0.25) is 0 Å². The van der Waals surface area contributed by atoms with E-state index >= 15 is 0 Å². The van der Waals surface area contributed by atoms with E-state index in [0.717, 1.165) is 12.8 Å². The van der Waals surface area contributed by atoms with Gasteiger partial charge in [-0.2, -0.15) is 0 Å². The molecule has 0 aromatic heterocycles. The molecule has 2 N–H and O–H groups in total. The molecule has 1 rings (SSSR count). The van der Waals surface area contributed by atoms with Crippen LogP contribution in [-0.4, -0.2) is 41.0 Å². The summed E-state index contributed by atoms with van der Waals surface area (Å²) in [6.07, 6.45) is -0.200. The highest BCUT2D eigenvalue weighted by Crippen LogP contribution is 2.36. The molecule has 6 heteroatoms. The second-order valence-corrected chi connectivity index (χ2v) is 5.69. The third-order valence-electron chi connectivity index (χ3n) is 2.45. The summed E-state index contributed by atoms with van der Waals surface area (Å²) in [6, 6.07) is 0. The Morgan fingerprint density at radius 1 is 1.39 bits per heavy atom. The number of esters is 1. The van der Waals surface area contributed by atoms with Gasteiger partial charge in [-0.25, -0.2) is 9.59 Å². The van der Waals surface area contributed by atoms with Gasteiger partial charge in [-0.1, -0.05) is 0 Å². The lowest BCUT2D eigenvalue weighted by molar-refractivity contribution is -0.153. The molecule has 104 valence electrons. The van der Waals surface area contributed by atoms with Crippen molar-refractivity contribution in [3.05, 3.63) is 0 Å².